The lowest BCUT2D eigenvalue weighted by atomic mass is 10.1. The third-order valence-corrected chi connectivity index (χ3v) is 4.01. The van der Waals surface area contributed by atoms with E-state index in [4.69, 9.17) is 14.2 Å². The van der Waals surface area contributed by atoms with E-state index in [1.807, 2.05) is 24.3 Å². The molecule has 1 amide bonds. The third kappa shape index (κ3) is 3.42. The molecular weight excluding hydrogens is 346 g/mol. The molecule has 0 aliphatic heterocycles. The lowest BCUT2D eigenvalue weighted by Gasteiger charge is -2.09. The van der Waals surface area contributed by atoms with Crippen molar-refractivity contribution in [3.05, 3.63) is 66.5 Å². The first-order valence-electron chi connectivity index (χ1n) is 8.47. The maximum absolute atomic E-state index is 12.6. The molecule has 0 fully saturated rings. The predicted molar refractivity (Wildman–Crippen MR) is 97.7 cm³/mol. The minimum atomic E-state index is -0.355. The minimum absolute atomic E-state index is 0.355. The first-order chi connectivity index (χ1) is 13.3. The van der Waals surface area contributed by atoms with E-state index in [1.165, 1.54) is 0 Å². The molecule has 0 unspecified atom stereocenters. The van der Waals surface area contributed by atoms with E-state index < -0.39 is 0 Å². The number of nitrogens with one attached hydrogen (secondary N) is 1. The van der Waals surface area contributed by atoms with Crippen LogP contribution in [0.15, 0.2) is 59.6 Å². The maximum Gasteiger partial charge on any atom is 0.275 e. The average molecular weight is 363 g/mol. The van der Waals surface area contributed by atoms with Crippen molar-refractivity contribution in [3.8, 4) is 11.3 Å². The van der Waals surface area contributed by atoms with Gasteiger partial charge in [-0.05, 0) is 37.3 Å². The fraction of sp³-hybridized carbons (Fsp3) is 0.158. The molecule has 4 aromatic rings. The molecule has 8 heteroatoms. The van der Waals surface area contributed by atoms with Gasteiger partial charge in [-0.3, -0.25) is 14.6 Å². The Morgan fingerprint density at radius 2 is 2.22 bits per heavy atom. The summed E-state index contributed by atoms with van der Waals surface area (Å²) in [6.45, 7) is 2.57. The number of aromatic nitrogens is 4. The zero-order valence-electron chi connectivity index (χ0n) is 14.6. The summed E-state index contributed by atoms with van der Waals surface area (Å²) in [5.74, 6) is 0.390. The molecule has 4 aromatic heterocycles. The molecule has 0 bridgehead atoms. The number of hydrogen-bond donors (Lipinski definition) is 1. The molecule has 0 aromatic carbocycles. The number of carbonyl (C=O) groups is 1. The Labute approximate surface area is 154 Å². The number of fused-ring (bicyclic) bond motifs is 1. The van der Waals surface area contributed by atoms with Crippen LogP contribution < -0.4 is 5.48 Å². The van der Waals surface area contributed by atoms with E-state index in [9.17, 15) is 4.79 Å². The van der Waals surface area contributed by atoms with Crippen LogP contribution in [0.1, 0.15) is 23.0 Å². The monoisotopic (exact) mass is 363 g/mol. The zero-order chi connectivity index (χ0) is 18.6. The second-order valence-electron chi connectivity index (χ2n) is 5.78. The van der Waals surface area contributed by atoms with Crippen molar-refractivity contribution in [1.82, 2.24) is 25.2 Å². The number of pyridine rings is 2. The van der Waals surface area contributed by atoms with Crippen LogP contribution in [0.4, 0.5) is 0 Å². The lowest BCUT2D eigenvalue weighted by molar-refractivity contribution is 0.0366. The summed E-state index contributed by atoms with van der Waals surface area (Å²) in [5.41, 5.74) is 4.87. The number of amides is 1. The van der Waals surface area contributed by atoms with Crippen LogP contribution in [0, 0.1) is 0 Å². The van der Waals surface area contributed by atoms with Crippen molar-refractivity contribution < 1.29 is 14.0 Å². The van der Waals surface area contributed by atoms with Crippen molar-refractivity contribution >= 4 is 16.9 Å². The Kier molecular flexibility index (Phi) is 4.63. The molecule has 27 heavy (non-hydrogen) atoms. The SMILES string of the molecule is CCONC(=O)c1cc(-c2cccnc2)nc2c1cnn2Cc1ccco1. The van der Waals surface area contributed by atoms with Gasteiger partial charge in [0.15, 0.2) is 5.65 Å². The summed E-state index contributed by atoms with van der Waals surface area (Å²) < 4.78 is 7.10. The number of hydrogen-bond acceptors (Lipinski definition) is 6. The number of hydroxylamine groups is 1. The molecule has 136 valence electrons. The van der Waals surface area contributed by atoms with Gasteiger partial charge in [0, 0.05) is 18.0 Å². The van der Waals surface area contributed by atoms with Crippen LogP contribution in [0.2, 0.25) is 0 Å². The highest BCUT2D eigenvalue weighted by Gasteiger charge is 2.18. The maximum atomic E-state index is 12.6. The molecule has 0 aliphatic rings. The van der Waals surface area contributed by atoms with Crippen molar-refractivity contribution in [3.63, 3.8) is 0 Å². The van der Waals surface area contributed by atoms with E-state index >= 15 is 0 Å². The van der Waals surface area contributed by atoms with Gasteiger partial charge in [0.05, 0.1) is 35.7 Å². The fourth-order valence-corrected chi connectivity index (χ4v) is 2.76. The highest BCUT2D eigenvalue weighted by Crippen LogP contribution is 2.25. The molecule has 0 saturated heterocycles. The highest BCUT2D eigenvalue weighted by molar-refractivity contribution is 6.06. The lowest BCUT2D eigenvalue weighted by Crippen LogP contribution is -2.24. The van der Waals surface area contributed by atoms with E-state index in [-0.39, 0.29) is 5.91 Å². The van der Waals surface area contributed by atoms with Gasteiger partial charge in [-0.15, -0.1) is 0 Å². The number of furan rings is 1. The third-order valence-electron chi connectivity index (χ3n) is 4.01. The first-order valence-corrected chi connectivity index (χ1v) is 8.47. The topological polar surface area (TPSA) is 95.1 Å². The summed E-state index contributed by atoms with van der Waals surface area (Å²) in [7, 11) is 0. The van der Waals surface area contributed by atoms with Crippen LogP contribution in [0.25, 0.3) is 22.3 Å². The first kappa shape index (κ1) is 16.9. The van der Waals surface area contributed by atoms with Crippen LogP contribution in [-0.4, -0.2) is 32.3 Å². The molecule has 0 spiro atoms. The Morgan fingerprint density at radius 1 is 1.30 bits per heavy atom. The zero-order valence-corrected chi connectivity index (χ0v) is 14.6. The molecule has 8 nitrogen and oxygen atoms in total. The average Bonchev–Trinajstić information content (AvgIpc) is 3.36. The molecule has 0 atom stereocenters. The van der Waals surface area contributed by atoms with Gasteiger partial charge in [0.1, 0.15) is 12.3 Å². The summed E-state index contributed by atoms with van der Waals surface area (Å²) in [6, 6.07) is 9.10. The van der Waals surface area contributed by atoms with E-state index in [1.54, 1.807) is 42.5 Å². The van der Waals surface area contributed by atoms with Gasteiger partial charge >= 0.3 is 0 Å². The van der Waals surface area contributed by atoms with E-state index in [0.717, 1.165) is 11.3 Å². The Hall–Kier alpha value is -3.52. The number of rotatable bonds is 6. The van der Waals surface area contributed by atoms with Crippen molar-refractivity contribution in [2.45, 2.75) is 13.5 Å². The molecule has 0 saturated carbocycles. The minimum Gasteiger partial charge on any atom is -0.467 e. The van der Waals surface area contributed by atoms with Gasteiger partial charge < -0.3 is 4.42 Å². The van der Waals surface area contributed by atoms with Gasteiger partial charge in [0.2, 0.25) is 0 Å². The largest absolute Gasteiger partial charge is 0.467 e. The van der Waals surface area contributed by atoms with Gasteiger partial charge in [0.25, 0.3) is 5.91 Å². The summed E-state index contributed by atoms with van der Waals surface area (Å²) in [4.78, 5) is 26.5. The Morgan fingerprint density at radius 3 is 2.96 bits per heavy atom. The molecular formula is C19H17N5O3. The van der Waals surface area contributed by atoms with Crippen molar-refractivity contribution in [2.75, 3.05) is 6.61 Å². The van der Waals surface area contributed by atoms with Crippen molar-refractivity contribution in [2.24, 2.45) is 0 Å². The summed E-state index contributed by atoms with van der Waals surface area (Å²) in [6.07, 6.45) is 6.62. The quantitative estimate of drug-likeness (QED) is 0.529. The van der Waals surface area contributed by atoms with E-state index in [0.29, 0.717) is 35.4 Å². The normalized spacial score (nSPS) is 11.0. The molecule has 4 heterocycles. The standard InChI is InChI=1S/C19H17N5O3/c1-2-27-23-19(25)15-9-17(13-5-3-7-20-10-13)22-18-16(15)11-21-24(18)12-14-6-4-8-26-14/h3-11H,2,12H2,1H3,(H,23,25). The summed E-state index contributed by atoms with van der Waals surface area (Å²) >= 11 is 0. The number of carbonyl (C=O) groups excluding carboxylic acids is 1. The van der Waals surface area contributed by atoms with Crippen LogP contribution in [0.3, 0.4) is 0 Å². The van der Waals surface area contributed by atoms with Gasteiger partial charge in [-0.25, -0.2) is 15.1 Å². The fourth-order valence-electron chi connectivity index (χ4n) is 2.76. The number of nitrogens with zero attached hydrogens (tertiary/aromatic N) is 4. The van der Waals surface area contributed by atoms with Crippen molar-refractivity contribution in [1.29, 1.82) is 0 Å². The van der Waals surface area contributed by atoms with Crippen LogP contribution in [0.5, 0.6) is 0 Å². The Bertz CT molecular complexity index is 1060. The second-order valence-corrected chi connectivity index (χ2v) is 5.78. The second kappa shape index (κ2) is 7.38. The molecule has 0 aliphatic carbocycles. The van der Waals surface area contributed by atoms with Crippen LogP contribution in [-0.2, 0) is 11.4 Å². The van der Waals surface area contributed by atoms with E-state index in [2.05, 4.69) is 15.6 Å². The molecule has 4 rings (SSSR count). The van der Waals surface area contributed by atoms with Gasteiger partial charge in [-0.1, -0.05) is 0 Å². The Balaban J connectivity index is 1.84. The van der Waals surface area contributed by atoms with Crippen LogP contribution >= 0.6 is 0 Å². The summed E-state index contributed by atoms with van der Waals surface area (Å²) in [5, 5.41) is 5.02. The smallest absolute Gasteiger partial charge is 0.275 e. The predicted octanol–water partition coefficient (Wildman–Crippen LogP) is 2.82. The molecule has 1 N–H and O–H groups in total. The highest BCUT2D eigenvalue weighted by atomic mass is 16.6. The van der Waals surface area contributed by atoms with Gasteiger partial charge in [-0.2, -0.15) is 5.10 Å². The molecule has 0 radical (unpaired) electrons.